The Balaban J connectivity index is 2.07. The smallest absolute Gasteiger partial charge is 0.195 e. The maximum Gasteiger partial charge on any atom is 0.195 e. The van der Waals surface area contributed by atoms with Gasteiger partial charge in [0, 0.05) is 21.3 Å². The monoisotopic (exact) mass is 411 g/mol. The molecule has 6 heteroatoms. The molecular weight excluding hydrogens is 402 g/mol. The number of rotatable bonds is 2. The summed E-state index contributed by atoms with van der Waals surface area (Å²) in [5.41, 5.74) is 7.36. The zero-order chi connectivity index (χ0) is 15.0. The van der Waals surface area contributed by atoms with Gasteiger partial charge in [-0.2, -0.15) is 0 Å². The number of halogens is 2. The lowest BCUT2D eigenvalue weighted by atomic mass is 10.0. The van der Waals surface area contributed by atoms with E-state index in [0.29, 0.717) is 50.5 Å². The van der Waals surface area contributed by atoms with E-state index in [4.69, 9.17) is 15.2 Å². The average molecular weight is 413 g/mol. The van der Waals surface area contributed by atoms with E-state index in [1.807, 2.05) is 0 Å². The van der Waals surface area contributed by atoms with Crippen LogP contribution in [0.1, 0.15) is 15.9 Å². The number of nitrogens with two attached hydrogens (primary N) is 1. The van der Waals surface area contributed by atoms with Gasteiger partial charge < -0.3 is 15.2 Å². The van der Waals surface area contributed by atoms with Crippen molar-refractivity contribution in [2.45, 2.75) is 0 Å². The largest absolute Gasteiger partial charge is 0.486 e. The first kappa shape index (κ1) is 14.4. The van der Waals surface area contributed by atoms with Gasteiger partial charge in [-0.3, -0.25) is 4.79 Å². The molecule has 0 radical (unpaired) electrons. The Labute approximate surface area is 138 Å². The molecule has 0 atom stereocenters. The molecule has 0 saturated heterocycles. The van der Waals surface area contributed by atoms with Crippen molar-refractivity contribution < 1.29 is 14.3 Å². The molecule has 21 heavy (non-hydrogen) atoms. The lowest BCUT2D eigenvalue weighted by Crippen LogP contribution is -2.16. The van der Waals surface area contributed by atoms with Crippen LogP contribution in [0.25, 0.3) is 0 Å². The first-order chi connectivity index (χ1) is 10.1. The summed E-state index contributed by atoms with van der Waals surface area (Å²) in [6, 6.07) is 8.66. The van der Waals surface area contributed by atoms with Crippen molar-refractivity contribution in [2.75, 3.05) is 18.9 Å². The Morgan fingerprint density at radius 2 is 1.71 bits per heavy atom. The van der Waals surface area contributed by atoms with Crippen LogP contribution in [0.2, 0.25) is 0 Å². The molecule has 0 amide bonds. The molecule has 2 aromatic carbocycles. The average Bonchev–Trinajstić information content (AvgIpc) is 2.48. The number of fused-ring (bicyclic) bond motifs is 1. The number of hydrogen-bond donors (Lipinski definition) is 1. The lowest BCUT2D eigenvalue weighted by Gasteiger charge is -2.19. The Kier molecular flexibility index (Phi) is 3.91. The topological polar surface area (TPSA) is 61.6 Å². The lowest BCUT2D eigenvalue weighted by molar-refractivity contribution is 0.103. The van der Waals surface area contributed by atoms with Crippen molar-refractivity contribution in [1.82, 2.24) is 0 Å². The molecule has 1 aliphatic heterocycles. The van der Waals surface area contributed by atoms with Gasteiger partial charge in [-0.1, -0.05) is 6.07 Å². The zero-order valence-electron chi connectivity index (χ0n) is 10.9. The predicted molar refractivity (Wildman–Crippen MR) is 87.1 cm³/mol. The fourth-order valence-electron chi connectivity index (χ4n) is 2.11. The molecule has 1 aliphatic rings. The predicted octanol–water partition coefficient (Wildman–Crippen LogP) is 3.80. The van der Waals surface area contributed by atoms with Gasteiger partial charge in [0.1, 0.15) is 13.2 Å². The van der Waals surface area contributed by atoms with Gasteiger partial charge >= 0.3 is 0 Å². The highest BCUT2D eigenvalue weighted by Gasteiger charge is 2.21. The quantitative estimate of drug-likeness (QED) is 0.602. The third-order valence-electron chi connectivity index (χ3n) is 3.15. The molecular formula is C15H11Br2NO3. The second-order valence-electron chi connectivity index (χ2n) is 4.51. The van der Waals surface area contributed by atoms with Crippen LogP contribution in [-0.2, 0) is 0 Å². The third-order valence-corrected chi connectivity index (χ3v) is 4.69. The molecule has 0 spiro atoms. The number of nitrogen functional groups attached to an aromatic ring is 1. The highest BCUT2D eigenvalue weighted by molar-refractivity contribution is 9.11. The summed E-state index contributed by atoms with van der Waals surface area (Å²) in [6.45, 7) is 0.984. The number of carbonyl (C=O) groups is 1. The minimum absolute atomic E-state index is 0.141. The maximum absolute atomic E-state index is 12.7. The van der Waals surface area contributed by atoms with Crippen molar-refractivity contribution in [3.8, 4) is 11.5 Å². The van der Waals surface area contributed by atoms with Gasteiger partial charge in [-0.15, -0.1) is 0 Å². The van der Waals surface area contributed by atoms with Gasteiger partial charge in [-0.25, -0.2) is 0 Å². The van der Waals surface area contributed by atoms with Gasteiger partial charge in [0.2, 0.25) is 0 Å². The molecule has 0 bridgehead atoms. The summed E-state index contributed by atoms with van der Waals surface area (Å²) < 4.78 is 12.3. The maximum atomic E-state index is 12.7. The summed E-state index contributed by atoms with van der Waals surface area (Å²) >= 11 is 6.77. The zero-order valence-corrected chi connectivity index (χ0v) is 14.0. The second kappa shape index (κ2) is 5.69. The number of carbonyl (C=O) groups excluding carboxylic acids is 1. The summed E-state index contributed by atoms with van der Waals surface area (Å²) in [6.07, 6.45) is 0. The van der Waals surface area contributed by atoms with Crippen molar-refractivity contribution in [1.29, 1.82) is 0 Å². The number of ketones is 1. The highest BCUT2D eigenvalue weighted by atomic mass is 79.9. The molecule has 108 valence electrons. The molecule has 2 N–H and O–H groups in total. The van der Waals surface area contributed by atoms with Crippen molar-refractivity contribution in [3.63, 3.8) is 0 Å². The standard InChI is InChI=1S/C15H11Br2NO3/c16-10-7-13-12(20-4-5-21-13)6-9(10)15(19)8-2-1-3-11(18)14(8)17/h1-3,6-7H,4-5,18H2. The molecule has 0 saturated carbocycles. The summed E-state index contributed by atoms with van der Waals surface area (Å²) in [4.78, 5) is 12.7. The van der Waals surface area contributed by atoms with Crippen LogP contribution in [-0.4, -0.2) is 19.0 Å². The van der Waals surface area contributed by atoms with Gasteiger partial charge in [0.25, 0.3) is 0 Å². The van der Waals surface area contributed by atoms with E-state index < -0.39 is 0 Å². The van der Waals surface area contributed by atoms with Crippen LogP contribution in [0.15, 0.2) is 39.3 Å². The van der Waals surface area contributed by atoms with Crippen molar-refractivity contribution >= 4 is 43.3 Å². The van der Waals surface area contributed by atoms with Gasteiger partial charge in [0.15, 0.2) is 17.3 Å². The van der Waals surface area contributed by atoms with Crippen LogP contribution in [0.3, 0.4) is 0 Å². The Bertz CT molecular complexity index is 731. The van der Waals surface area contributed by atoms with Gasteiger partial charge in [0.05, 0.1) is 4.47 Å². The number of anilines is 1. The first-order valence-electron chi connectivity index (χ1n) is 6.26. The molecule has 0 aliphatic carbocycles. The summed E-state index contributed by atoms with van der Waals surface area (Å²) in [7, 11) is 0. The summed E-state index contributed by atoms with van der Waals surface area (Å²) in [5.74, 6) is 1.07. The van der Waals surface area contributed by atoms with Crippen LogP contribution < -0.4 is 15.2 Å². The Hall–Kier alpha value is -1.53. The normalized spacial score (nSPS) is 13.0. The van der Waals surface area contributed by atoms with Crippen LogP contribution in [0.5, 0.6) is 11.5 Å². The molecule has 1 heterocycles. The van der Waals surface area contributed by atoms with Gasteiger partial charge in [-0.05, 0) is 56.1 Å². The molecule has 4 nitrogen and oxygen atoms in total. The van der Waals surface area contributed by atoms with E-state index in [0.717, 1.165) is 0 Å². The van der Waals surface area contributed by atoms with E-state index in [-0.39, 0.29) is 5.78 Å². The molecule has 2 aromatic rings. The fraction of sp³-hybridized carbons (Fsp3) is 0.133. The summed E-state index contributed by atoms with van der Waals surface area (Å²) in [5, 5.41) is 0. The molecule has 3 rings (SSSR count). The molecule has 0 unspecified atom stereocenters. The minimum atomic E-state index is -0.141. The number of hydrogen-bond acceptors (Lipinski definition) is 4. The van der Waals surface area contributed by atoms with E-state index in [2.05, 4.69) is 31.9 Å². The van der Waals surface area contributed by atoms with E-state index in [1.54, 1.807) is 30.3 Å². The number of benzene rings is 2. The van der Waals surface area contributed by atoms with Crippen molar-refractivity contribution in [3.05, 3.63) is 50.4 Å². The second-order valence-corrected chi connectivity index (χ2v) is 6.16. The SMILES string of the molecule is Nc1cccc(C(=O)c2cc3c(cc2Br)OCCO3)c1Br. The van der Waals surface area contributed by atoms with Crippen molar-refractivity contribution in [2.24, 2.45) is 0 Å². The Morgan fingerprint density at radius 3 is 2.43 bits per heavy atom. The molecule has 0 fully saturated rings. The fourth-order valence-corrected chi connectivity index (χ4v) is 3.06. The van der Waals surface area contributed by atoms with Crippen LogP contribution >= 0.6 is 31.9 Å². The van der Waals surface area contributed by atoms with E-state index in [1.165, 1.54) is 0 Å². The minimum Gasteiger partial charge on any atom is -0.486 e. The Morgan fingerprint density at radius 1 is 1.05 bits per heavy atom. The van der Waals surface area contributed by atoms with Crippen LogP contribution in [0, 0.1) is 0 Å². The van der Waals surface area contributed by atoms with E-state index in [9.17, 15) is 4.79 Å². The first-order valence-corrected chi connectivity index (χ1v) is 7.84. The van der Waals surface area contributed by atoms with E-state index >= 15 is 0 Å². The highest BCUT2D eigenvalue weighted by Crippen LogP contribution is 2.37. The molecule has 0 aromatic heterocycles. The van der Waals surface area contributed by atoms with Crippen LogP contribution in [0.4, 0.5) is 5.69 Å². The third kappa shape index (κ3) is 2.65. The number of ether oxygens (including phenoxy) is 2.